The standard InChI is InChI=1S/C32H40O6SSi/c1-32(2,3)40(4,5)38-28-27-26(22-35-30(37-27)24-17-11-7-12-18-24)36-31(39(33)25-19-13-8-14-20-25)29(28)34-21-23-15-9-6-10-16-23/h6-20,26-31H,21-22H2,1-5H3/t26-,27-,28+,29+,30?,31-,39?/m1/s1. The van der Waals surface area contributed by atoms with Crippen LogP contribution < -0.4 is 0 Å². The van der Waals surface area contributed by atoms with Crippen molar-refractivity contribution in [3.05, 3.63) is 102 Å². The van der Waals surface area contributed by atoms with Gasteiger partial charge in [0.2, 0.25) is 0 Å². The van der Waals surface area contributed by atoms with Gasteiger partial charge in [-0.3, -0.25) is 4.21 Å². The number of ether oxygens (including phenoxy) is 4. The first-order valence-corrected chi connectivity index (χ1v) is 18.0. The van der Waals surface area contributed by atoms with E-state index in [1.54, 1.807) is 0 Å². The summed E-state index contributed by atoms with van der Waals surface area (Å²) in [6, 6.07) is 29.3. The second-order valence-corrected chi connectivity index (χ2v) is 18.2. The average Bonchev–Trinajstić information content (AvgIpc) is 2.96. The first kappa shape index (κ1) is 29.3. The summed E-state index contributed by atoms with van der Waals surface area (Å²) in [6.45, 7) is 11.7. The lowest BCUT2D eigenvalue weighted by Gasteiger charge is -2.52. The predicted octanol–water partition coefficient (Wildman–Crippen LogP) is 6.61. The van der Waals surface area contributed by atoms with E-state index in [2.05, 4.69) is 33.9 Å². The molecule has 0 N–H and O–H groups in total. The minimum atomic E-state index is -2.32. The fourth-order valence-corrected chi connectivity index (χ4v) is 7.50. The molecule has 2 aliphatic heterocycles. The Morgan fingerprint density at radius 1 is 0.850 bits per heavy atom. The van der Waals surface area contributed by atoms with Crippen molar-refractivity contribution in [3.8, 4) is 0 Å². The van der Waals surface area contributed by atoms with E-state index < -0.39 is 55.3 Å². The van der Waals surface area contributed by atoms with Gasteiger partial charge in [-0.25, -0.2) is 0 Å². The highest BCUT2D eigenvalue weighted by Gasteiger charge is 2.55. The molecule has 0 radical (unpaired) electrons. The van der Waals surface area contributed by atoms with Gasteiger partial charge in [0.15, 0.2) is 20.0 Å². The smallest absolute Gasteiger partial charge is 0.192 e. The summed E-state index contributed by atoms with van der Waals surface area (Å²) in [4.78, 5) is 0.685. The molecule has 6 nitrogen and oxygen atoms in total. The van der Waals surface area contributed by atoms with Gasteiger partial charge in [0, 0.05) is 10.5 Å². The Hall–Kier alpha value is -2.17. The van der Waals surface area contributed by atoms with Crippen molar-refractivity contribution >= 4 is 19.1 Å². The van der Waals surface area contributed by atoms with E-state index in [1.807, 2.05) is 91.0 Å². The summed E-state index contributed by atoms with van der Waals surface area (Å²) in [5.74, 6) is 0. The Bertz CT molecular complexity index is 1250. The number of rotatable bonds is 8. The van der Waals surface area contributed by atoms with Crippen LogP contribution in [0.1, 0.15) is 38.2 Å². The zero-order chi connectivity index (χ0) is 28.3. The number of benzene rings is 3. The van der Waals surface area contributed by atoms with Crippen molar-refractivity contribution in [2.75, 3.05) is 6.61 Å². The summed E-state index contributed by atoms with van der Waals surface area (Å²) in [6.07, 6.45) is -2.60. The second-order valence-electron chi connectivity index (χ2n) is 11.9. The molecule has 0 aromatic heterocycles. The lowest BCUT2D eigenvalue weighted by molar-refractivity contribution is -0.321. The molecule has 0 amide bonds. The van der Waals surface area contributed by atoms with Crippen LogP contribution in [0.4, 0.5) is 0 Å². The molecular formula is C32H40O6SSi. The zero-order valence-corrected chi connectivity index (χ0v) is 25.7. The Labute approximate surface area is 241 Å². The third-order valence-corrected chi connectivity index (χ3v) is 14.1. The van der Waals surface area contributed by atoms with E-state index >= 15 is 0 Å². The van der Waals surface area contributed by atoms with Crippen molar-refractivity contribution in [1.82, 2.24) is 0 Å². The topological polar surface area (TPSA) is 63.2 Å². The monoisotopic (exact) mass is 580 g/mol. The highest BCUT2D eigenvalue weighted by atomic mass is 32.2. The van der Waals surface area contributed by atoms with E-state index in [0.29, 0.717) is 18.1 Å². The molecule has 0 aliphatic carbocycles. The number of hydrogen-bond donors (Lipinski definition) is 0. The van der Waals surface area contributed by atoms with Gasteiger partial charge in [0.25, 0.3) is 0 Å². The normalized spacial score (nSPS) is 28.0. The molecule has 5 rings (SSSR count). The van der Waals surface area contributed by atoms with Gasteiger partial charge in [0.05, 0.1) is 24.0 Å². The summed E-state index contributed by atoms with van der Waals surface area (Å²) in [5.41, 5.74) is 1.20. The Balaban J connectivity index is 1.53. The maximum atomic E-state index is 14.1. The molecular weight excluding hydrogens is 540 g/mol. The molecule has 2 heterocycles. The minimum absolute atomic E-state index is 0.0527. The van der Waals surface area contributed by atoms with Gasteiger partial charge in [-0.2, -0.15) is 0 Å². The number of fused-ring (bicyclic) bond motifs is 1. The van der Waals surface area contributed by atoms with Crippen LogP contribution in [0.15, 0.2) is 95.9 Å². The largest absolute Gasteiger partial charge is 0.408 e. The van der Waals surface area contributed by atoms with Gasteiger partial charge in [-0.1, -0.05) is 99.6 Å². The fourth-order valence-electron chi connectivity index (χ4n) is 4.78. The van der Waals surface area contributed by atoms with E-state index in [1.165, 1.54) is 0 Å². The summed E-state index contributed by atoms with van der Waals surface area (Å²) in [7, 11) is -3.83. The molecule has 0 saturated carbocycles. The maximum Gasteiger partial charge on any atom is 0.192 e. The zero-order valence-electron chi connectivity index (χ0n) is 23.9. The third-order valence-electron chi connectivity index (χ3n) is 8.06. The molecule has 0 bridgehead atoms. The molecule has 2 aliphatic rings. The fraction of sp³-hybridized carbons (Fsp3) is 0.438. The molecule has 7 atom stereocenters. The lowest BCUT2D eigenvalue weighted by Crippen LogP contribution is -2.66. The minimum Gasteiger partial charge on any atom is -0.408 e. The van der Waals surface area contributed by atoms with Gasteiger partial charge in [-0.15, -0.1) is 0 Å². The van der Waals surface area contributed by atoms with Crippen LogP contribution in [0.3, 0.4) is 0 Å². The summed E-state index contributed by atoms with van der Waals surface area (Å²) >= 11 is 0. The van der Waals surface area contributed by atoms with Crippen LogP contribution in [-0.2, 0) is 40.8 Å². The SMILES string of the molecule is CC(C)(C)[Si](C)(C)O[C@H]1[C@@H]2OC(c3ccccc3)OC[C@H]2O[C@H](S(=O)c2ccccc2)[C@H]1OCc1ccccc1. The van der Waals surface area contributed by atoms with E-state index in [0.717, 1.165) is 11.1 Å². The van der Waals surface area contributed by atoms with Crippen molar-refractivity contribution < 1.29 is 27.6 Å². The lowest BCUT2D eigenvalue weighted by atomic mass is 9.98. The molecule has 214 valence electrons. The average molecular weight is 581 g/mol. The Morgan fingerprint density at radius 3 is 2.08 bits per heavy atom. The Kier molecular flexibility index (Phi) is 9.07. The van der Waals surface area contributed by atoms with Crippen LogP contribution >= 0.6 is 0 Å². The quantitative estimate of drug-likeness (QED) is 0.280. The molecule has 3 aromatic rings. The van der Waals surface area contributed by atoms with Crippen LogP contribution in [0, 0.1) is 0 Å². The van der Waals surface area contributed by atoms with E-state index in [9.17, 15) is 4.21 Å². The van der Waals surface area contributed by atoms with Gasteiger partial charge < -0.3 is 23.4 Å². The van der Waals surface area contributed by atoms with Crippen molar-refractivity contribution in [2.24, 2.45) is 0 Å². The highest BCUT2D eigenvalue weighted by Crippen LogP contribution is 2.43. The number of hydrogen-bond acceptors (Lipinski definition) is 6. The third kappa shape index (κ3) is 6.49. The molecule has 3 aromatic carbocycles. The molecule has 40 heavy (non-hydrogen) atoms. The van der Waals surface area contributed by atoms with Crippen LogP contribution in [0.5, 0.6) is 0 Å². The maximum absolute atomic E-state index is 14.1. The molecule has 0 spiro atoms. The highest BCUT2D eigenvalue weighted by molar-refractivity contribution is 7.85. The molecule has 2 saturated heterocycles. The summed E-state index contributed by atoms with van der Waals surface area (Å²) < 4.78 is 47.2. The van der Waals surface area contributed by atoms with Crippen LogP contribution in [-0.4, -0.2) is 49.0 Å². The molecule has 2 fully saturated rings. The summed E-state index contributed by atoms with van der Waals surface area (Å²) in [5, 5.41) is -0.0527. The Morgan fingerprint density at radius 2 is 1.45 bits per heavy atom. The van der Waals surface area contributed by atoms with Crippen molar-refractivity contribution in [2.45, 2.75) is 86.5 Å². The van der Waals surface area contributed by atoms with E-state index in [4.69, 9.17) is 23.4 Å². The van der Waals surface area contributed by atoms with Gasteiger partial charge in [0.1, 0.15) is 24.4 Å². The first-order valence-electron chi connectivity index (χ1n) is 13.9. The predicted molar refractivity (Wildman–Crippen MR) is 159 cm³/mol. The van der Waals surface area contributed by atoms with Gasteiger partial charge in [-0.05, 0) is 35.8 Å². The molecule has 8 heteroatoms. The van der Waals surface area contributed by atoms with Crippen LogP contribution in [0.25, 0.3) is 0 Å². The van der Waals surface area contributed by atoms with E-state index in [-0.39, 0.29) is 5.04 Å². The van der Waals surface area contributed by atoms with Crippen molar-refractivity contribution in [3.63, 3.8) is 0 Å². The first-order chi connectivity index (χ1) is 19.1. The molecule has 2 unspecified atom stereocenters. The van der Waals surface area contributed by atoms with Gasteiger partial charge >= 0.3 is 0 Å². The van der Waals surface area contributed by atoms with Crippen molar-refractivity contribution in [1.29, 1.82) is 0 Å². The second kappa shape index (κ2) is 12.4. The van der Waals surface area contributed by atoms with Crippen LogP contribution in [0.2, 0.25) is 18.1 Å².